The molecule has 0 saturated heterocycles. The summed E-state index contributed by atoms with van der Waals surface area (Å²) in [4.78, 5) is 4.50. The first kappa shape index (κ1) is 22.9. The van der Waals surface area contributed by atoms with Crippen molar-refractivity contribution >= 4 is 16.0 Å². The molecule has 0 heterocycles. The van der Waals surface area contributed by atoms with Crippen molar-refractivity contribution in [2.75, 3.05) is 27.3 Å². The molecule has 0 aromatic heterocycles. The highest BCUT2D eigenvalue weighted by Crippen LogP contribution is 2.16. The number of nitrogens with one attached hydrogen (secondary N) is 3. The van der Waals surface area contributed by atoms with Gasteiger partial charge in [-0.2, -0.15) is 0 Å². The number of guanidine groups is 1. The highest BCUT2D eigenvalue weighted by Gasteiger charge is 2.14. The lowest BCUT2D eigenvalue weighted by atomic mass is 10.0. The highest BCUT2D eigenvalue weighted by atomic mass is 32.2. The van der Waals surface area contributed by atoms with Gasteiger partial charge in [-0.3, -0.25) is 4.99 Å². The molecule has 2 aromatic carbocycles. The summed E-state index contributed by atoms with van der Waals surface area (Å²) in [5, 5.41) is 6.61. The SMILES string of the molecule is CN=C(NCc1cccc(S(=O)(=O)NCCOC)c1)NC(C)c1ccccc1C. The third kappa shape index (κ3) is 6.85. The first-order valence-electron chi connectivity index (χ1n) is 9.47. The lowest BCUT2D eigenvalue weighted by Gasteiger charge is -2.20. The number of methoxy groups -OCH3 is 1. The Kier molecular flexibility index (Phi) is 8.63. The Balaban J connectivity index is 2.00. The summed E-state index contributed by atoms with van der Waals surface area (Å²) in [6, 6.07) is 15.1. The van der Waals surface area contributed by atoms with Gasteiger partial charge in [0.25, 0.3) is 0 Å². The van der Waals surface area contributed by atoms with E-state index in [1.807, 2.05) is 18.2 Å². The van der Waals surface area contributed by atoms with E-state index in [0.717, 1.165) is 5.56 Å². The van der Waals surface area contributed by atoms with Crippen LogP contribution in [0.1, 0.15) is 29.7 Å². The number of sulfonamides is 1. The molecule has 1 atom stereocenters. The van der Waals surface area contributed by atoms with Gasteiger partial charge in [-0.25, -0.2) is 13.1 Å². The number of hydrogen-bond donors (Lipinski definition) is 3. The first-order chi connectivity index (χ1) is 13.9. The minimum absolute atomic E-state index is 0.0825. The normalized spacial score (nSPS) is 13.2. The average Bonchev–Trinajstić information content (AvgIpc) is 2.71. The Morgan fingerprint density at radius 1 is 1.17 bits per heavy atom. The van der Waals surface area contributed by atoms with Crippen molar-refractivity contribution in [2.24, 2.45) is 4.99 Å². The molecular formula is C21H30N4O3S. The molecule has 1 unspecified atom stereocenters. The third-order valence-electron chi connectivity index (χ3n) is 4.50. The van der Waals surface area contributed by atoms with E-state index < -0.39 is 10.0 Å². The molecule has 0 aliphatic rings. The van der Waals surface area contributed by atoms with E-state index in [0.29, 0.717) is 19.1 Å². The molecular weight excluding hydrogens is 388 g/mol. The summed E-state index contributed by atoms with van der Waals surface area (Å²) in [5.41, 5.74) is 3.25. The molecule has 2 rings (SSSR count). The molecule has 0 aliphatic carbocycles. The second kappa shape index (κ2) is 10.9. The molecule has 29 heavy (non-hydrogen) atoms. The van der Waals surface area contributed by atoms with Crippen molar-refractivity contribution < 1.29 is 13.2 Å². The van der Waals surface area contributed by atoms with Crippen LogP contribution >= 0.6 is 0 Å². The minimum Gasteiger partial charge on any atom is -0.383 e. The largest absolute Gasteiger partial charge is 0.383 e. The van der Waals surface area contributed by atoms with Gasteiger partial charge in [0, 0.05) is 27.2 Å². The van der Waals surface area contributed by atoms with Gasteiger partial charge in [0.05, 0.1) is 17.5 Å². The molecule has 3 N–H and O–H groups in total. The van der Waals surface area contributed by atoms with Gasteiger partial charge in [0.2, 0.25) is 10.0 Å². The lowest BCUT2D eigenvalue weighted by Crippen LogP contribution is -2.38. The van der Waals surface area contributed by atoms with E-state index >= 15 is 0 Å². The van der Waals surface area contributed by atoms with Crippen molar-refractivity contribution in [1.82, 2.24) is 15.4 Å². The molecule has 2 aromatic rings. The molecule has 7 nitrogen and oxygen atoms in total. The average molecular weight is 419 g/mol. The summed E-state index contributed by atoms with van der Waals surface area (Å²) in [7, 11) is -0.325. The summed E-state index contributed by atoms with van der Waals surface area (Å²) < 4.78 is 32.1. The number of aryl methyl sites for hydroxylation is 1. The van der Waals surface area contributed by atoms with Crippen LogP contribution in [0.4, 0.5) is 0 Å². The molecule has 0 radical (unpaired) electrons. The Morgan fingerprint density at radius 3 is 2.62 bits per heavy atom. The number of ether oxygens (including phenoxy) is 1. The zero-order chi connectivity index (χ0) is 21.3. The predicted molar refractivity (Wildman–Crippen MR) is 116 cm³/mol. The van der Waals surface area contributed by atoms with E-state index in [1.165, 1.54) is 18.2 Å². The Bertz CT molecular complexity index is 929. The topological polar surface area (TPSA) is 91.8 Å². The van der Waals surface area contributed by atoms with E-state index in [1.54, 1.807) is 25.2 Å². The zero-order valence-corrected chi connectivity index (χ0v) is 18.2. The van der Waals surface area contributed by atoms with E-state index in [2.05, 4.69) is 46.3 Å². The van der Waals surface area contributed by atoms with E-state index in [4.69, 9.17) is 4.74 Å². The van der Waals surface area contributed by atoms with Crippen LogP contribution < -0.4 is 15.4 Å². The molecule has 158 valence electrons. The quantitative estimate of drug-likeness (QED) is 0.330. The van der Waals surface area contributed by atoms with Crippen molar-refractivity contribution in [3.63, 3.8) is 0 Å². The van der Waals surface area contributed by atoms with Crippen LogP contribution in [0.2, 0.25) is 0 Å². The maximum Gasteiger partial charge on any atom is 0.240 e. The molecule has 8 heteroatoms. The van der Waals surface area contributed by atoms with Gasteiger partial charge in [-0.15, -0.1) is 0 Å². The van der Waals surface area contributed by atoms with Crippen molar-refractivity contribution in [3.05, 3.63) is 65.2 Å². The van der Waals surface area contributed by atoms with Gasteiger partial charge in [-0.1, -0.05) is 36.4 Å². The van der Waals surface area contributed by atoms with Crippen molar-refractivity contribution in [3.8, 4) is 0 Å². The summed E-state index contributed by atoms with van der Waals surface area (Å²) in [6.07, 6.45) is 0. The van der Waals surface area contributed by atoms with Gasteiger partial charge in [0.1, 0.15) is 0 Å². The third-order valence-corrected chi connectivity index (χ3v) is 5.96. The van der Waals surface area contributed by atoms with Gasteiger partial charge in [0.15, 0.2) is 5.96 Å². The fourth-order valence-corrected chi connectivity index (χ4v) is 4.00. The first-order valence-corrected chi connectivity index (χ1v) is 11.0. The fraction of sp³-hybridized carbons (Fsp3) is 0.381. The number of aliphatic imine (C=N–C) groups is 1. The molecule has 0 aliphatic heterocycles. The van der Waals surface area contributed by atoms with Crippen LogP contribution in [-0.4, -0.2) is 41.7 Å². The van der Waals surface area contributed by atoms with Crippen LogP contribution in [0.25, 0.3) is 0 Å². The highest BCUT2D eigenvalue weighted by molar-refractivity contribution is 7.89. The zero-order valence-electron chi connectivity index (χ0n) is 17.4. The second-order valence-electron chi connectivity index (χ2n) is 6.69. The number of rotatable bonds is 9. The monoisotopic (exact) mass is 418 g/mol. The Labute approximate surface area is 173 Å². The summed E-state index contributed by atoms with van der Waals surface area (Å²) in [6.45, 7) is 5.15. The van der Waals surface area contributed by atoms with Crippen molar-refractivity contribution in [2.45, 2.75) is 31.3 Å². The van der Waals surface area contributed by atoms with Gasteiger partial charge < -0.3 is 15.4 Å². The standard InChI is InChI=1S/C21H30N4O3S/c1-16-8-5-6-11-20(16)17(2)25-21(22-3)23-15-18-9-7-10-19(14-18)29(26,27)24-12-13-28-4/h5-11,14,17,24H,12-13,15H2,1-4H3,(H2,22,23,25). The summed E-state index contributed by atoms with van der Waals surface area (Å²) >= 11 is 0. The molecule has 0 spiro atoms. The maximum atomic E-state index is 12.4. The summed E-state index contributed by atoms with van der Waals surface area (Å²) in [5.74, 6) is 0.646. The fourth-order valence-electron chi connectivity index (χ4n) is 2.92. The van der Waals surface area contributed by atoms with E-state index in [9.17, 15) is 8.42 Å². The second-order valence-corrected chi connectivity index (χ2v) is 8.45. The van der Waals surface area contributed by atoms with Crippen molar-refractivity contribution in [1.29, 1.82) is 0 Å². The smallest absolute Gasteiger partial charge is 0.240 e. The Morgan fingerprint density at radius 2 is 1.93 bits per heavy atom. The Hall–Kier alpha value is -2.42. The molecule has 0 fully saturated rings. The number of nitrogens with zero attached hydrogens (tertiary/aromatic N) is 1. The van der Waals surface area contributed by atoms with Crippen LogP contribution in [0.15, 0.2) is 58.4 Å². The van der Waals surface area contributed by atoms with E-state index in [-0.39, 0.29) is 17.5 Å². The molecule has 0 bridgehead atoms. The maximum absolute atomic E-state index is 12.4. The van der Waals surface area contributed by atoms with Crippen LogP contribution in [0.3, 0.4) is 0 Å². The number of benzene rings is 2. The van der Waals surface area contributed by atoms with Crippen LogP contribution in [-0.2, 0) is 21.3 Å². The minimum atomic E-state index is -3.56. The molecule has 0 amide bonds. The van der Waals surface area contributed by atoms with Crippen LogP contribution in [0, 0.1) is 6.92 Å². The van der Waals surface area contributed by atoms with Crippen LogP contribution in [0.5, 0.6) is 0 Å². The lowest BCUT2D eigenvalue weighted by molar-refractivity contribution is 0.204. The predicted octanol–water partition coefficient (Wildman–Crippen LogP) is 2.35. The molecule has 0 saturated carbocycles. The van der Waals surface area contributed by atoms with Gasteiger partial charge >= 0.3 is 0 Å². The van der Waals surface area contributed by atoms with Gasteiger partial charge in [-0.05, 0) is 42.7 Å². The number of hydrogen-bond acceptors (Lipinski definition) is 4.